The van der Waals surface area contributed by atoms with Crippen molar-refractivity contribution in [2.45, 2.75) is 50.9 Å². The molecule has 4 aromatic rings. The monoisotopic (exact) mass is 530 g/mol. The molecule has 1 unspecified atom stereocenters. The summed E-state index contributed by atoms with van der Waals surface area (Å²) < 4.78 is 6.24. The molecule has 198 valence electrons. The van der Waals surface area contributed by atoms with Gasteiger partial charge in [-0.3, -0.25) is 9.89 Å². The van der Waals surface area contributed by atoms with E-state index < -0.39 is 0 Å². The summed E-state index contributed by atoms with van der Waals surface area (Å²) in [4.78, 5) is 15.5. The first-order valence-corrected chi connectivity index (χ1v) is 14.5. The van der Waals surface area contributed by atoms with Crippen LogP contribution in [-0.4, -0.2) is 58.0 Å². The van der Waals surface area contributed by atoms with Gasteiger partial charge in [0.2, 0.25) is 0 Å². The Bertz CT molecular complexity index is 1370. The Kier molecular flexibility index (Phi) is 7.19. The molecule has 0 radical (unpaired) electrons. The number of aliphatic hydroxyl groups is 1. The number of β-amino-alcohol motifs (C(OH)–C–C–N with tert-alkyl or cyclic N) is 1. The van der Waals surface area contributed by atoms with Gasteiger partial charge in [0.25, 0.3) is 5.91 Å². The van der Waals surface area contributed by atoms with Gasteiger partial charge in [-0.15, -0.1) is 0 Å². The lowest BCUT2D eigenvalue weighted by atomic mass is 10.0. The number of benzene rings is 2. The molecule has 2 fully saturated rings. The zero-order chi connectivity index (χ0) is 26.1. The summed E-state index contributed by atoms with van der Waals surface area (Å²) in [5, 5.41) is 25.7. The van der Waals surface area contributed by atoms with Gasteiger partial charge in [0, 0.05) is 36.1 Å². The van der Waals surface area contributed by atoms with Crippen molar-refractivity contribution in [3.63, 3.8) is 0 Å². The third kappa shape index (κ3) is 5.62. The van der Waals surface area contributed by atoms with Gasteiger partial charge in [-0.05, 0) is 103 Å². The molecule has 1 saturated carbocycles. The van der Waals surface area contributed by atoms with Gasteiger partial charge in [0.1, 0.15) is 11.9 Å². The van der Waals surface area contributed by atoms with Crippen LogP contribution in [0.1, 0.15) is 54.6 Å². The van der Waals surface area contributed by atoms with E-state index in [9.17, 15) is 9.90 Å². The average molecular weight is 531 g/mol. The van der Waals surface area contributed by atoms with Crippen molar-refractivity contribution in [3.05, 3.63) is 70.4 Å². The number of aromatic nitrogens is 2. The van der Waals surface area contributed by atoms with Crippen molar-refractivity contribution < 1.29 is 14.6 Å². The van der Waals surface area contributed by atoms with Crippen LogP contribution in [0.4, 0.5) is 0 Å². The standard InChI is InChI=1S/C30H34N4O3S/c1-19(35)17-34-13-10-25(11-14-34)37-24-7-4-21(5-8-24)29-26-16-22(6-9-27(26)32-33-29)30(36)31-28(20-2-3-20)23-12-15-38-18-23/h4-9,12,15-16,18-20,25,28,35H,2-3,10-11,13-14,17H2,1H3,(H,31,36)(H,32,33)/t19?,28-/m0/s1. The Morgan fingerprint density at radius 1 is 1.16 bits per heavy atom. The van der Waals surface area contributed by atoms with E-state index in [1.165, 1.54) is 5.56 Å². The highest BCUT2D eigenvalue weighted by atomic mass is 32.1. The Balaban J connectivity index is 1.14. The smallest absolute Gasteiger partial charge is 0.251 e. The molecule has 2 aromatic carbocycles. The predicted octanol–water partition coefficient (Wildman–Crippen LogP) is 5.40. The quantitative estimate of drug-likeness (QED) is 0.270. The Morgan fingerprint density at radius 2 is 1.95 bits per heavy atom. The highest BCUT2D eigenvalue weighted by Crippen LogP contribution is 2.41. The summed E-state index contributed by atoms with van der Waals surface area (Å²) in [6.45, 7) is 4.44. The van der Waals surface area contributed by atoms with Gasteiger partial charge in [0.15, 0.2) is 0 Å². The van der Waals surface area contributed by atoms with Crippen LogP contribution in [0.15, 0.2) is 59.3 Å². The summed E-state index contributed by atoms with van der Waals surface area (Å²) >= 11 is 1.67. The summed E-state index contributed by atoms with van der Waals surface area (Å²) in [6, 6.07) is 16.0. The molecule has 1 aliphatic heterocycles. The van der Waals surface area contributed by atoms with Crippen LogP contribution >= 0.6 is 11.3 Å². The number of nitrogens with one attached hydrogen (secondary N) is 2. The fourth-order valence-corrected chi connectivity index (χ4v) is 6.12. The number of likely N-dealkylation sites (tertiary alicyclic amines) is 1. The molecule has 3 N–H and O–H groups in total. The molecule has 1 aliphatic carbocycles. The number of amides is 1. The second kappa shape index (κ2) is 10.9. The molecule has 0 spiro atoms. The second-order valence-electron chi connectivity index (χ2n) is 10.7. The van der Waals surface area contributed by atoms with E-state index in [1.807, 2.05) is 49.4 Å². The minimum absolute atomic E-state index is 0.0506. The van der Waals surface area contributed by atoms with Crippen molar-refractivity contribution >= 4 is 28.1 Å². The minimum atomic E-state index is -0.297. The number of aliphatic hydroxyl groups excluding tert-OH is 1. The van der Waals surface area contributed by atoms with E-state index in [2.05, 4.69) is 37.2 Å². The van der Waals surface area contributed by atoms with Crippen molar-refractivity contribution in [1.29, 1.82) is 0 Å². The number of hydrogen-bond acceptors (Lipinski definition) is 6. The van der Waals surface area contributed by atoms with E-state index >= 15 is 0 Å². The Hall–Kier alpha value is -3.20. The number of nitrogens with zero attached hydrogens (tertiary/aromatic N) is 2. The number of fused-ring (bicyclic) bond motifs is 1. The molecule has 2 atom stereocenters. The van der Waals surface area contributed by atoms with Gasteiger partial charge in [-0.2, -0.15) is 16.4 Å². The number of aromatic amines is 1. The van der Waals surface area contributed by atoms with Crippen molar-refractivity contribution in [1.82, 2.24) is 20.4 Å². The van der Waals surface area contributed by atoms with Crippen LogP contribution in [-0.2, 0) is 0 Å². The van der Waals surface area contributed by atoms with Gasteiger partial charge in [-0.1, -0.05) is 0 Å². The summed E-state index contributed by atoms with van der Waals surface area (Å²) in [5.74, 6) is 1.33. The maximum atomic E-state index is 13.2. The Morgan fingerprint density at radius 3 is 2.63 bits per heavy atom. The number of ether oxygens (including phenoxy) is 1. The number of thiophene rings is 1. The molecule has 0 bridgehead atoms. The number of rotatable bonds is 9. The van der Waals surface area contributed by atoms with Gasteiger partial charge < -0.3 is 20.1 Å². The molecular weight excluding hydrogens is 496 g/mol. The molecule has 8 heteroatoms. The van der Waals surface area contributed by atoms with Crippen LogP contribution in [0.25, 0.3) is 22.2 Å². The number of carbonyl (C=O) groups is 1. The van der Waals surface area contributed by atoms with E-state index in [-0.39, 0.29) is 24.2 Å². The number of H-pyrrole nitrogens is 1. The van der Waals surface area contributed by atoms with E-state index in [0.29, 0.717) is 11.5 Å². The molecule has 2 aromatic heterocycles. The van der Waals surface area contributed by atoms with Crippen LogP contribution in [0.5, 0.6) is 5.75 Å². The van der Waals surface area contributed by atoms with Gasteiger partial charge >= 0.3 is 0 Å². The topological polar surface area (TPSA) is 90.5 Å². The highest BCUT2D eigenvalue weighted by molar-refractivity contribution is 7.08. The van der Waals surface area contributed by atoms with E-state index in [1.54, 1.807) is 11.3 Å². The molecule has 2 aliphatic rings. The first-order chi connectivity index (χ1) is 18.5. The summed E-state index contributed by atoms with van der Waals surface area (Å²) in [7, 11) is 0. The predicted molar refractivity (Wildman–Crippen MR) is 151 cm³/mol. The molecule has 38 heavy (non-hydrogen) atoms. The average Bonchev–Trinajstić information content (AvgIpc) is 3.44. The van der Waals surface area contributed by atoms with Crippen LogP contribution < -0.4 is 10.1 Å². The van der Waals surface area contributed by atoms with E-state index in [4.69, 9.17) is 4.74 Å². The number of hydrogen-bond donors (Lipinski definition) is 3. The lowest BCUT2D eigenvalue weighted by molar-refractivity contribution is 0.0673. The fraction of sp³-hybridized carbons (Fsp3) is 0.400. The summed E-state index contributed by atoms with van der Waals surface area (Å²) in [6.07, 6.45) is 4.12. The third-order valence-electron chi connectivity index (χ3n) is 7.59. The number of piperidine rings is 1. The maximum Gasteiger partial charge on any atom is 0.251 e. The highest BCUT2D eigenvalue weighted by Gasteiger charge is 2.34. The number of carbonyl (C=O) groups excluding carboxylic acids is 1. The van der Waals surface area contributed by atoms with Crippen molar-refractivity contribution in [3.8, 4) is 17.0 Å². The van der Waals surface area contributed by atoms with Crippen molar-refractivity contribution in [2.75, 3.05) is 19.6 Å². The first-order valence-electron chi connectivity index (χ1n) is 13.5. The lowest BCUT2D eigenvalue weighted by Crippen LogP contribution is -2.41. The van der Waals surface area contributed by atoms with Gasteiger partial charge in [-0.25, -0.2) is 0 Å². The largest absolute Gasteiger partial charge is 0.490 e. The van der Waals surface area contributed by atoms with Crippen LogP contribution in [0, 0.1) is 5.92 Å². The third-order valence-corrected chi connectivity index (χ3v) is 8.30. The second-order valence-corrected chi connectivity index (χ2v) is 11.4. The fourth-order valence-electron chi connectivity index (χ4n) is 5.42. The zero-order valence-corrected chi connectivity index (χ0v) is 22.4. The molecule has 1 amide bonds. The Labute approximate surface area is 226 Å². The SMILES string of the molecule is CC(O)CN1CCC(Oc2ccc(-c3n[nH]c4ccc(C(=O)N[C@H](c5ccsc5)C5CC5)cc34)cc2)CC1. The van der Waals surface area contributed by atoms with Crippen LogP contribution in [0.2, 0.25) is 0 Å². The molecule has 1 saturated heterocycles. The summed E-state index contributed by atoms with van der Waals surface area (Å²) in [5.41, 5.74) is 4.54. The lowest BCUT2D eigenvalue weighted by Gasteiger charge is -2.32. The minimum Gasteiger partial charge on any atom is -0.490 e. The first kappa shape index (κ1) is 25.1. The van der Waals surface area contributed by atoms with Crippen molar-refractivity contribution in [2.24, 2.45) is 5.92 Å². The maximum absolute atomic E-state index is 13.2. The molecular formula is C30H34N4O3S. The normalized spacial score (nSPS) is 18.4. The molecule has 6 rings (SSSR count). The molecule has 7 nitrogen and oxygen atoms in total. The van der Waals surface area contributed by atoms with Gasteiger partial charge in [0.05, 0.1) is 23.4 Å². The molecule has 3 heterocycles. The zero-order valence-electron chi connectivity index (χ0n) is 21.6. The van der Waals surface area contributed by atoms with Crippen LogP contribution in [0.3, 0.4) is 0 Å². The van der Waals surface area contributed by atoms with E-state index in [0.717, 1.165) is 73.2 Å².